The van der Waals surface area contributed by atoms with E-state index in [4.69, 9.17) is 19.0 Å². The Kier molecular flexibility index (Phi) is 11.2. The molecule has 0 aliphatic rings. The van der Waals surface area contributed by atoms with Gasteiger partial charge in [-0.1, -0.05) is 29.4 Å². The summed E-state index contributed by atoms with van der Waals surface area (Å²) in [4.78, 5) is 4.79. The highest BCUT2D eigenvalue weighted by atomic mass is 16.6. The molecular weight excluding hydrogens is 402 g/mol. The van der Waals surface area contributed by atoms with Crippen molar-refractivity contribution < 1.29 is 19.0 Å². The molecule has 0 aromatic heterocycles. The minimum atomic E-state index is 0.585. The van der Waals surface area contributed by atoms with Crippen molar-refractivity contribution in [3.63, 3.8) is 0 Å². The molecular formula is C27H37NO4. The molecule has 2 aromatic carbocycles. The van der Waals surface area contributed by atoms with Crippen molar-refractivity contribution in [1.82, 2.24) is 0 Å². The zero-order valence-corrected chi connectivity index (χ0v) is 20.1. The van der Waals surface area contributed by atoms with Gasteiger partial charge in [-0.2, -0.15) is 0 Å². The molecule has 0 aliphatic heterocycles. The fraction of sp³-hybridized carbons (Fsp3) is 0.444. The summed E-state index contributed by atoms with van der Waals surface area (Å²) in [6, 6.07) is 12.3. The van der Waals surface area contributed by atoms with Crippen molar-refractivity contribution in [3.05, 3.63) is 65.2 Å². The Balaban J connectivity index is 1.67. The number of benzene rings is 2. The van der Waals surface area contributed by atoms with E-state index in [2.05, 4.69) is 31.1 Å². The third kappa shape index (κ3) is 9.04. The van der Waals surface area contributed by atoms with Gasteiger partial charge in [0.05, 0.1) is 18.9 Å². The predicted octanol–water partition coefficient (Wildman–Crippen LogP) is 6.45. The van der Waals surface area contributed by atoms with E-state index in [1.807, 2.05) is 50.3 Å². The number of nitrogens with zero attached hydrogens (tertiary/aromatic N) is 1. The Bertz CT molecular complexity index is 849. The largest absolute Gasteiger partial charge is 0.494 e. The fourth-order valence-corrected chi connectivity index (χ4v) is 3.31. The maximum atomic E-state index is 6.04. The van der Waals surface area contributed by atoms with Gasteiger partial charge in [0.25, 0.3) is 0 Å². The maximum Gasteiger partial charge on any atom is 0.125 e. The van der Waals surface area contributed by atoms with E-state index in [1.54, 1.807) is 7.11 Å². The highest BCUT2D eigenvalue weighted by Crippen LogP contribution is 2.28. The molecule has 0 fully saturated rings. The van der Waals surface area contributed by atoms with Crippen LogP contribution in [0.1, 0.15) is 49.8 Å². The first-order chi connectivity index (χ1) is 15.5. The lowest BCUT2D eigenvalue weighted by atomic mass is 10.1. The zero-order chi connectivity index (χ0) is 23.2. The zero-order valence-electron chi connectivity index (χ0n) is 20.1. The number of hydrogen-bond donors (Lipinski definition) is 0. The summed E-state index contributed by atoms with van der Waals surface area (Å²) in [5.74, 6) is 2.73. The lowest BCUT2D eigenvalue weighted by molar-refractivity contribution is 0.212. The van der Waals surface area contributed by atoms with E-state index < -0.39 is 0 Å². The topological polar surface area (TPSA) is 49.3 Å². The average Bonchev–Trinajstić information content (AvgIpc) is 2.77. The average molecular weight is 440 g/mol. The highest BCUT2D eigenvalue weighted by molar-refractivity contribution is 5.81. The van der Waals surface area contributed by atoms with Crippen molar-refractivity contribution in [1.29, 1.82) is 0 Å². The minimum Gasteiger partial charge on any atom is -0.494 e. The van der Waals surface area contributed by atoms with Crippen LogP contribution in [0.4, 0.5) is 0 Å². The SMILES string of the molecule is C/C=C/COc1cc(C)c(OCCCCOc2ccc(CCC(C)=NOC)cc2)c(C)c1. The lowest BCUT2D eigenvalue weighted by Crippen LogP contribution is -2.05. The molecule has 0 N–H and O–H groups in total. The van der Waals surface area contributed by atoms with Crippen molar-refractivity contribution in [3.8, 4) is 17.2 Å². The van der Waals surface area contributed by atoms with Crippen LogP contribution in [-0.2, 0) is 11.3 Å². The molecule has 0 spiro atoms. The van der Waals surface area contributed by atoms with Gasteiger partial charge in [0.1, 0.15) is 31.0 Å². The molecule has 0 bridgehead atoms. The summed E-state index contributed by atoms with van der Waals surface area (Å²) >= 11 is 0. The number of rotatable bonds is 14. The normalized spacial score (nSPS) is 11.6. The third-order valence-electron chi connectivity index (χ3n) is 5.02. The van der Waals surface area contributed by atoms with E-state index in [0.717, 1.165) is 59.8 Å². The first-order valence-electron chi connectivity index (χ1n) is 11.3. The van der Waals surface area contributed by atoms with Crippen LogP contribution < -0.4 is 14.2 Å². The van der Waals surface area contributed by atoms with E-state index in [-0.39, 0.29) is 0 Å². The molecule has 0 atom stereocenters. The summed E-state index contributed by atoms with van der Waals surface area (Å²) < 4.78 is 17.6. The van der Waals surface area contributed by atoms with Gasteiger partial charge >= 0.3 is 0 Å². The first-order valence-corrected chi connectivity index (χ1v) is 11.3. The summed E-state index contributed by atoms with van der Waals surface area (Å²) in [7, 11) is 1.57. The van der Waals surface area contributed by atoms with Gasteiger partial charge in [-0.25, -0.2) is 0 Å². The van der Waals surface area contributed by atoms with Gasteiger partial charge in [-0.05, 0) is 94.3 Å². The predicted molar refractivity (Wildman–Crippen MR) is 131 cm³/mol. The monoisotopic (exact) mass is 439 g/mol. The first kappa shape index (κ1) is 25.3. The summed E-state index contributed by atoms with van der Waals surface area (Å²) in [5.41, 5.74) is 4.45. The van der Waals surface area contributed by atoms with Gasteiger partial charge in [-0.3, -0.25) is 0 Å². The van der Waals surface area contributed by atoms with E-state index >= 15 is 0 Å². The number of allylic oxidation sites excluding steroid dienone is 1. The number of ether oxygens (including phenoxy) is 3. The Morgan fingerprint density at radius 3 is 2.19 bits per heavy atom. The molecule has 0 saturated carbocycles. The Morgan fingerprint density at radius 2 is 1.56 bits per heavy atom. The Morgan fingerprint density at radius 1 is 0.906 bits per heavy atom. The highest BCUT2D eigenvalue weighted by Gasteiger charge is 2.07. The third-order valence-corrected chi connectivity index (χ3v) is 5.02. The quantitative estimate of drug-likeness (QED) is 0.147. The van der Waals surface area contributed by atoms with Crippen molar-refractivity contribution >= 4 is 5.71 Å². The van der Waals surface area contributed by atoms with Gasteiger partial charge in [-0.15, -0.1) is 0 Å². The molecule has 5 heteroatoms. The minimum absolute atomic E-state index is 0.585. The second kappa shape index (κ2) is 14.2. The second-order valence-electron chi connectivity index (χ2n) is 7.82. The lowest BCUT2D eigenvalue weighted by Gasteiger charge is -2.14. The smallest absolute Gasteiger partial charge is 0.125 e. The number of unbranched alkanes of at least 4 members (excludes halogenated alkanes) is 1. The van der Waals surface area contributed by atoms with E-state index in [0.29, 0.717) is 19.8 Å². The van der Waals surface area contributed by atoms with Crippen LogP contribution in [0, 0.1) is 13.8 Å². The van der Waals surface area contributed by atoms with Crippen LogP contribution >= 0.6 is 0 Å². The molecule has 2 rings (SSSR count). The molecule has 0 heterocycles. The summed E-state index contributed by atoms with van der Waals surface area (Å²) in [5, 5.41) is 3.94. The van der Waals surface area contributed by atoms with Crippen LogP contribution in [0.2, 0.25) is 0 Å². The number of hydrogen-bond acceptors (Lipinski definition) is 5. The van der Waals surface area contributed by atoms with Gasteiger partial charge < -0.3 is 19.0 Å². The van der Waals surface area contributed by atoms with Crippen LogP contribution in [0.3, 0.4) is 0 Å². The maximum absolute atomic E-state index is 6.04. The van der Waals surface area contributed by atoms with Crippen molar-refractivity contribution in [2.45, 2.75) is 53.4 Å². The van der Waals surface area contributed by atoms with Gasteiger partial charge in [0.15, 0.2) is 0 Å². The standard InChI is InChI=1S/C27H37NO4/c1-6-7-16-31-26-19-21(2)27(22(3)20-26)32-18-9-8-17-30-25-14-12-24(13-15-25)11-10-23(4)28-29-5/h6-7,12-15,19-20H,8-11,16-18H2,1-5H3/b7-6+,28-23?. The van der Waals surface area contributed by atoms with Crippen LogP contribution in [0.15, 0.2) is 53.7 Å². The summed E-state index contributed by atoms with van der Waals surface area (Å²) in [6.07, 6.45) is 7.69. The molecule has 0 unspecified atom stereocenters. The number of aryl methyl sites for hydroxylation is 3. The summed E-state index contributed by atoms with van der Waals surface area (Å²) in [6.45, 7) is 10.0. The molecule has 0 saturated heterocycles. The van der Waals surface area contributed by atoms with Crippen molar-refractivity contribution in [2.75, 3.05) is 26.9 Å². The molecule has 5 nitrogen and oxygen atoms in total. The molecule has 0 aliphatic carbocycles. The fourth-order valence-electron chi connectivity index (χ4n) is 3.31. The molecule has 32 heavy (non-hydrogen) atoms. The van der Waals surface area contributed by atoms with Crippen LogP contribution in [0.25, 0.3) is 0 Å². The molecule has 2 aromatic rings. The van der Waals surface area contributed by atoms with Crippen LogP contribution in [-0.4, -0.2) is 32.6 Å². The van der Waals surface area contributed by atoms with Crippen molar-refractivity contribution in [2.24, 2.45) is 5.16 Å². The molecule has 0 radical (unpaired) electrons. The molecule has 174 valence electrons. The molecule has 0 amide bonds. The Labute approximate surface area is 193 Å². The number of oxime groups is 1. The van der Waals surface area contributed by atoms with Crippen LogP contribution in [0.5, 0.6) is 17.2 Å². The van der Waals surface area contributed by atoms with Gasteiger partial charge in [0, 0.05) is 0 Å². The second-order valence-corrected chi connectivity index (χ2v) is 7.82. The Hall–Kier alpha value is -2.95. The van der Waals surface area contributed by atoms with E-state index in [1.165, 1.54) is 5.56 Å². The van der Waals surface area contributed by atoms with Gasteiger partial charge in [0.2, 0.25) is 0 Å². The van der Waals surface area contributed by atoms with E-state index in [9.17, 15) is 0 Å².